The molecule has 1 heterocycles. The molecule has 366 valence electrons. The molecule has 1 amide bonds. The van der Waals surface area contributed by atoms with Gasteiger partial charge in [0.15, 0.2) is 6.29 Å². The largest absolute Gasteiger partial charge is 0.397 e. The molecule has 0 bridgehead atoms. The third-order valence-electron chi connectivity index (χ3n) is 11.1. The summed E-state index contributed by atoms with van der Waals surface area (Å²) in [5, 5.41) is 55.1. The van der Waals surface area contributed by atoms with Gasteiger partial charge >= 0.3 is 10.4 Å². The molecule has 1 fully saturated rings. The summed E-state index contributed by atoms with van der Waals surface area (Å²) in [6.07, 6.45) is 37.4. The predicted molar refractivity (Wildman–Crippen MR) is 251 cm³/mol. The Morgan fingerprint density at radius 2 is 1.13 bits per heavy atom. The first kappa shape index (κ1) is 58.8. The Morgan fingerprint density at radius 1 is 0.651 bits per heavy atom. The highest BCUT2D eigenvalue weighted by atomic mass is 32.3. The first-order valence-electron chi connectivity index (χ1n) is 24.3. The number of ether oxygens (including phenoxy) is 2. The first-order chi connectivity index (χ1) is 30.4. The second-order valence-electron chi connectivity index (χ2n) is 16.8. The number of allylic oxidation sites excluding steroid dienone is 9. The van der Waals surface area contributed by atoms with Crippen molar-refractivity contribution >= 4 is 16.3 Å². The molecule has 8 unspecified atom stereocenters. The quantitative estimate of drug-likeness (QED) is 0.0175. The van der Waals surface area contributed by atoms with Gasteiger partial charge in [0, 0.05) is 0 Å². The van der Waals surface area contributed by atoms with E-state index in [-0.39, 0.29) is 6.42 Å². The number of amides is 1. The summed E-state index contributed by atoms with van der Waals surface area (Å²) in [5.74, 6) is -0.728. The molecule has 13 nitrogen and oxygen atoms in total. The Morgan fingerprint density at radius 3 is 1.67 bits per heavy atom. The molecule has 0 saturated carbocycles. The molecule has 0 aromatic rings. The van der Waals surface area contributed by atoms with E-state index in [4.69, 9.17) is 9.47 Å². The van der Waals surface area contributed by atoms with Crippen molar-refractivity contribution in [3.05, 3.63) is 60.8 Å². The monoisotopic (exact) mass is 914 g/mol. The van der Waals surface area contributed by atoms with Crippen molar-refractivity contribution in [1.82, 2.24) is 5.32 Å². The summed E-state index contributed by atoms with van der Waals surface area (Å²) in [7, 11) is -5.13. The van der Waals surface area contributed by atoms with E-state index in [0.717, 1.165) is 70.6 Å². The van der Waals surface area contributed by atoms with Gasteiger partial charge in [0.1, 0.15) is 30.5 Å². The van der Waals surface area contributed by atoms with E-state index >= 15 is 0 Å². The van der Waals surface area contributed by atoms with Gasteiger partial charge in [0.2, 0.25) is 5.91 Å². The van der Waals surface area contributed by atoms with Gasteiger partial charge in [-0.3, -0.25) is 9.35 Å². The van der Waals surface area contributed by atoms with Gasteiger partial charge in [-0.05, 0) is 70.6 Å². The van der Waals surface area contributed by atoms with Crippen LogP contribution in [-0.2, 0) is 28.9 Å². The van der Waals surface area contributed by atoms with E-state index in [9.17, 15) is 43.3 Å². The van der Waals surface area contributed by atoms with Crippen LogP contribution >= 0.6 is 0 Å². The maximum absolute atomic E-state index is 13.1. The van der Waals surface area contributed by atoms with E-state index in [1.165, 1.54) is 83.1 Å². The molecule has 8 atom stereocenters. The maximum atomic E-state index is 13.1. The third-order valence-corrected chi connectivity index (χ3v) is 11.6. The zero-order chi connectivity index (χ0) is 46.4. The minimum absolute atomic E-state index is 0.219. The van der Waals surface area contributed by atoms with Crippen LogP contribution in [0.3, 0.4) is 0 Å². The Kier molecular flexibility index (Phi) is 36.4. The summed E-state index contributed by atoms with van der Waals surface area (Å²) in [6.45, 7) is 3.13. The van der Waals surface area contributed by atoms with Crippen LogP contribution in [0.1, 0.15) is 181 Å². The molecule has 1 saturated heterocycles. The molecule has 1 aliphatic rings. The van der Waals surface area contributed by atoms with Crippen molar-refractivity contribution in [1.29, 1.82) is 0 Å². The Labute approximate surface area is 381 Å². The molecule has 63 heavy (non-hydrogen) atoms. The number of aliphatic hydroxyl groups excluding tert-OH is 5. The van der Waals surface area contributed by atoms with Crippen molar-refractivity contribution in [3.8, 4) is 0 Å². The number of rotatable bonds is 40. The second-order valence-corrected chi connectivity index (χ2v) is 17.9. The van der Waals surface area contributed by atoms with Gasteiger partial charge in [-0.15, -0.1) is 0 Å². The summed E-state index contributed by atoms with van der Waals surface area (Å²) < 4.78 is 47.5. The average molecular weight is 914 g/mol. The minimum atomic E-state index is -5.13. The van der Waals surface area contributed by atoms with Crippen LogP contribution in [0.5, 0.6) is 0 Å². The van der Waals surface area contributed by atoms with E-state index in [1.807, 2.05) is 0 Å². The fraction of sp³-hybridized carbons (Fsp3) is 0.776. The fourth-order valence-corrected chi connectivity index (χ4v) is 7.72. The van der Waals surface area contributed by atoms with E-state index < -0.39 is 78.5 Å². The van der Waals surface area contributed by atoms with Gasteiger partial charge in [0.05, 0.1) is 25.4 Å². The van der Waals surface area contributed by atoms with Crippen LogP contribution in [0.4, 0.5) is 0 Å². The smallest absolute Gasteiger partial charge is 0.394 e. The molecule has 7 N–H and O–H groups in total. The summed E-state index contributed by atoms with van der Waals surface area (Å²) in [6, 6.07) is -1.15. The molecule has 0 aliphatic carbocycles. The van der Waals surface area contributed by atoms with Crippen molar-refractivity contribution < 1.29 is 57.0 Å². The molecule has 1 rings (SSSR count). The lowest BCUT2D eigenvalue weighted by Gasteiger charge is -2.41. The Bertz CT molecular complexity index is 1370. The topological polar surface area (TPSA) is 212 Å². The van der Waals surface area contributed by atoms with Crippen LogP contribution in [-0.4, -0.2) is 107 Å². The highest BCUT2D eigenvalue weighted by Gasteiger charge is 2.48. The zero-order valence-electron chi connectivity index (χ0n) is 38.7. The molecule has 0 radical (unpaired) electrons. The standard InChI is InChI=1S/C49H87NO12S/c1-3-5-7-9-11-13-15-17-18-19-20-21-22-23-24-25-26-28-30-32-34-36-38-43(53)48(56)50-41(42(52)37-35-33-31-29-27-16-14-12-10-8-6-4-2)40-60-49-46(55)47(62-63(57,58)59)45(54)44(39-51)61-49/h10,12,20-21,23-24,27,29,35,37,41-47,49,51-55H,3-9,11,13-19,22,25-26,28,30-34,36,38-40H2,1-2H3,(H,50,56)(H,57,58,59)/b12-10+,21-20-,24-23-,29-27+,37-35+. The molecule has 1 aliphatic heterocycles. The Hall–Kier alpha value is -2.24. The van der Waals surface area contributed by atoms with Gasteiger partial charge in [-0.25, -0.2) is 4.18 Å². The molecule has 14 heteroatoms. The highest BCUT2D eigenvalue weighted by molar-refractivity contribution is 7.80. The van der Waals surface area contributed by atoms with Crippen molar-refractivity contribution in [2.75, 3.05) is 13.2 Å². The second kappa shape index (κ2) is 39.0. The number of carbonyl (C=O) groups is 1. The lowest BCUT2D eigenvalue weighted by molar-refractivity contribution is -0.298. The minimum Gasteiger partial charge on any atom is -0.394 e. The van der Waals surface area contributed by atoms with Gasteiger partial charge in [-0.2, -0.15) is 8.42 Å². The van der Waals surface area contributed by atoms with Crippen LogP contribution in [0, 0.1) is 0 Å². The normalized spacial score (nSPS) is 21.4. The van der Waals surface area contributed by atoms with Gasteiger partial charge < -0.3 is 40.3 Å². The molecular formula is C49H87NO12S. The van der Waals surface area contributed by atoms with Crippen molar-refractivity contribution in [2.24, 2.45) is 0 Å². The maximum Gasteiger partial charge on any atom is 0.397 e. The third kappa shape index (κ3) is 31.3. The Balaban J connectivity index is 2.53. The number of unbranched alkanes of at least 4 members (excludes halogenated alkanes) is 19. The van der Waals surface area contributed by atoms with Gasteiger partial charge in [0.25, 0.3) is 0 Å². The SMILES string of the molecule is CCCC/C=C/CC/C=C/CC/C=C/C(O)C(COC1OC(CO)C(O)C(OS(=O)(=O)O)C1O)NC(=O)C(O)CCCCCCCC/C=C\C/C=C\CCCCCCCCCCC. The number of hydrogen-bond acceptors (Lipinski definition) is 11. The number of hydrogen-bond donors (Lipinski definition) is 7. The van der Waals surface area contributed by atoms with E-state index in [2.05, 4.69) is 72.0 Å². The lowest BCUT2D eigenvalue weighted by Crippen LogP contribution is -2.61. The predicted octanol–water partition coefficient (Wildman–Crippen LogP) is 8.80. The summed E-state index contributed by atoms with van der Waals surface area (Å²) >= 11 is 0. The number of carbonyl (C=O) groups excluding carboxylic acids is 1. The molecular weight excluding hydrogens is 827 g/mol. The van der Waals surface area contributed by atoms with Crippen molar-refractivity contribution in [2.45, 2.75) is 230 Å². The molecule has 0 aromatic heterocycles. The molecule has 0 spiro atoms. The summed E-state index contributed by atoms with van der Waals surface area (Å²) in [5.41, 5.74) is 0. The molecule has 0 aromatic carbocycles. The number of nitrogens with one attached hydrogen (secondary N) is 1. The number of aliphatic hydroxyl groups is 5. The van der Waals surface area contributed by atoms with E-state index in [1.54, 1.807) is 6.08 Å². The van der Waals surface area contributed by atoms with Crippen molar-refractivity contribution in [3.63, 3.8) is 0 Å². The lowest BCUT2D eigenvalue weighted by atomic mass is 9.99. The highest BCUT2D eigenvalue weighted by Crippen LogP contribution is 2.26. The first-order valence-corrected chi connectivity index (χ1v) is 25.6. The average Bonchev–Trinajstić information content (AvgIpc) is 3.25. The van der Waals surface area contributed by atoms with Crippen LogP contribution < -0.4 is 5.32 Å². The van der Waals surface area contributed by atoms with Crippen LogP contribution in [0.2, 0.25) is 0 Å². The summed E-state index contributed by atoms with van der Waals surface area (Å²) in [4.78, 5) is 13.1. The van der Waals surface area contributed by atoms with E-state index in [0.29, 0.717) is 12.8 Å². The van der Waals surface area contributed by atoms with Gasteiger partial charge in [-0.1, -0.05) is 171 Å². The van der Waals surface area contributed by atoms with Crippen LogP contribution in [0.15, 0.2) is 60.8 Å². The zero-order valence-corrected chi connectivity index (χ0v) is 39.5. The fourth-order valence-electron chi connectivity index (χ4n) is 7.21. The van der Waals surface area contributed by atoms with Crippen LogP contribution in [0.25, 0.3) is 0 Å².